The van der Waals surface area contributed by atoms with E-state index in [-0.39, 0.29) is 5.56 Å². The molecule has 0 N–H and O–H groups in total. The minimum absolute atomic E-state index is 0.0914. The summed E-state index contributed by atoms with van der Waals surface area (Å²) >= 11 is 4.86. The molecule has 0 saturated carbocycles. The topological polar surface area (TPSA) is 47.3 Å². The Morgan fingerprint density at radius 1 is 1.08 bits per heavy atom. The Bertz CT molecular complexity index is 1150. The van der Waals surface area contributed by atoms with Crippen LogP contribution in [0.15, 0.2) is 57.8 Å². The maximum atomic E-state index is 12.8. The van der Waals surface area contributed by atoms with E-state index in [9.17, 15) is 4.79 Å². The third-order valence-electron chi connectivity index (χ3n) is 3.74. The van der Waals surface area contributed by atoms with Gasteiger partial charge in [0.2, 0.25) is 4.96 Å². The number of aromatic nitrogens is 3. The van der Waals surface area contributed by atoms with Crippen LogP contribution in [-0.4, -0.2) is 14.6 Å². The van der Waals surface area contributed by atoms with Gasteiger partial charge in [0.15, 0.2) is 5.82 Å². The molecule has 0 unspecified atom stereocenters. The zero-order valence-electron chi connectivity index (χ0n) is 12.7. The lowest BCUT2D eigenvalue weighted by Crippen LogP contribution is -2.23. The van der Waals surface area contributed by atoms with E-state index in [0.717, 1.165) is 15.6 Å². The maximum absolute atomic E-state index is 12.8. The molecule has 0 aliphatic heterocycles. The minimum Gasteiger partial charge on any atom is -0.267 e. The highest BCUT2D eigenvalue weighted by molar-refractivity contribution is 9.10. The number of nitrogens with zero attached hydrogens (tertiary/aromatic N) is 3. The lowest BCUT2D eigenvalue weighted by Gasteiger charge is -1.99. The summed E-state index contributed by atoms with van der Waals surface area (Å²) in [5, 5.41) is 8.35. The Morgan fingerprint density at radius 3 is 2.58 bits per heavy atom. The van der Waals surface area contributed by atoms with Crippen LogP contribution in [0, 0.1) is 6.92 Å². The van der Waals surface area contributed by atoms with Crippen LogP contribution in [0.1, 0.15) is 11.1 Å². The van der Waals surface area contributed by atoms with E-state index in [2.05, 4.69) is 26.1 Å². The van der Waals surface area contributed by atoms with Crippen molar-refractivity contribution in [2.45, 2.75) is 6.92 Å². The van der Waals surface area contributed by atoms with Crippen molar-refractivity contribution in [3.05, 3.63) is 79.0 Å². The van der Waals surface area contributed by atoms with Gasteiger partial charge in [0.1, 0.15) is 0 Å². The SMILES string of the molecule is Cc1ccc(C=c2sc3nnc(-c4ccccc4Br)n3c2=O)cc1. The zero-order chi connectivity index (χ0) is 16.7. The van der Waals surface area contributed by atoms with Crippen LogP contribution in [0.2, 0.25) is 0 Å². The Kier molecular flexibility index (Phi) is 3.78. The second kappa shape index (κ2) is 5.96. The van der Waals surface area contributed by atoms with E-state index in [0.29, 0.717) is 15.3 Å². The Morgan fingerprint density at radius 2 is 1.83 bits per heavy atom. The van der Waals surface area contributed by atoms with E-state index < -0.39 is 0 Å². The molecule has 2 aromatic heterocycles. The Labute approximate surface area is 150 Å². The molecule has 0 spiro atoms. The van der Waals surface area contributed by atoms with E-state index >= 15 is 0 Å². The minimum atomic E-state index is -0.0914. The highest BCUT2D eigenvalue weighted by Gasteiger charge is 2.15. The monoisotopic (exact) mass is 397 g/mol. The standard InChI is InChI=1S/C18H12BrN3OS/c1-11-6-8-12(9-7-11)10-15-17(23)22-16(20-21-18(22)24-15)13-4-2-3-5-14(13)19/h2-10H,1H3. The summed E-state index contributed by atoms with van der Waals surface area (Å²) < 4.78 is 3.11. The van der Waals surface area contributed by atoms with Crippen molar-refractivity contribution in [3.8, 4) is 11.4 Å². The van der Waals surface area contributed by atoms with Crippen molar-refractivity contribution in [2.75, 3.05) is 0 Å². The summed E-state index contributed by atoms with van der Waals surface area (Å²) in [6, 6.07) is 15.7. The van der Waals surface area contributed by atoms with Gasteiger partial charge in [-0.05, 0) is 24.6 Å². The summed E-state index contributed by atoms with van der Waals surface area (Å²) in [5.41, 5.74) is 2.95. The molecule has 0 saturated heterocycles. The van der Waals surface area contributed by atoms with Crippen molar-refractivity contribution in [1.82, 2.24) is 14.6 Å². The number of halogens is 1. The van der Waals surface area contributed by atoms with Crippen LogP contribution in [0.4, 0.5) is 0 Å². The first-order chi connectivity index (χ1) is 11.6. The molecule has 0 amide bonds. The van der Waals surface area contributed by atoms with Crippen LogP contribution < -0.4 is 10.1 Å². The predicted molar refractivity (Wildman–Crippen MR) is 100 cm³/mol. The second-order valence-corrected chi connectivity index (χ2v) is 7.31. The molecule has 4 rings (SSSR count). The lowest BCUT2D eigenvalue weighted by molar-refractivity contribution is 1.09. The van der Waals surface area contributed by atoms with Gasteiger partial charge in [-0.25, -0.2) is 4.40 Å². The quantitative estimate of drug-likeness (QED) is 0.520. The molecule has 0 bridgehead atoms. The summed E-state index contributed by atoms with van der Waals surface area (Å²) in [4.78, 5) is 13.4. The first-order valence-corrected chi connectivity index (χ1v) is 8.95. The number of benzene rings is 2. The normalized spacial score (nSPS) is 12.2. The number of fused-ring (bicyclic) bond motifs is 1. The summed E-state index contributed by atoms with van der Waals surface area (Å²) in [6.07, 6.45) is 1.89. The average molecular weight is 398 g/mol. The highest BCUT2D eigenvalue weighted by atomic mass is 79.9. The molecule has 4 nitrogen and oxygen atoms in total. The van der Waals surface area contributed by atoms with Crippen LogP contribution in [0.3, 0.4) is 0 Å². The van der Waals surface area contributed by atoms with Gasteiger partial charge in [0.05, 0.1) is 4.53 Å². The van der Waals surface area contributed by atoms with E-state index in [1.54, 1.807) is 4.40 Å². The van der Waals surface area contributed by atoms with E-state index in [1.165, 1.54) is 16.9 Å². The van der Waals surface area contributed by atoms with Crippen LogP contribution in [-0.2, 0) is 0 Å². The molecule has 0 atom stereocenters. The zero-order valence-corrected chi connectivity index (χ0v) is 15.1. The maximum Gasteiger partial charge on any atom is 0.276 e. The highest BCUT2D eigenvalue weighted by Crippen LogP contribution is 2.26. The number of hydrogen-bond acceptors (Lipinski definition) is 4. The van der Waals surface area contributed by atoms with Crippen molar-refractivity contribution in [2.24, 2.45) is 0 Å². The van der Waals surface area contributed by atoms with Crippen molar-refractivity contribution < 1.29 is 0 Å². The molecule has 0 aliphatic carbocycles. The van der Waals surface area contributed by atoms with Crippen LogP contribution in [0.25, 0.3) is 22.4 Å². The largest absolute Gasteiger partial charge is 0.276 e. The number of thiazole rings is 1. The fraction of sp³-hybridized carbons (Fsp3) is 0.0556. The molecule has 2 heterocycles. The fourth-order valence-corrected chi connectivity index (χ4v) is 3.87. The number of aryl methyl sites for hydroxylation is 1. The molecule has 2 aromatic carbocycles. The van der Waals surface area contributed by atoms with Crippen molar-refractivity contribution in [3.63, 3.8) is 0 Å². The summed E-state index contributed by atoms with van der Waals surface area (Å²) in [7, 11) is 0. The van der Waals surface area contributed by atoms with Gasteiger partial charge in [-0.2, -0.15) is 0 Å². The molecular weight excluding hydrogens is 386 g/mol. The molecular formula is C18H12BrN3OS. The van der Waals surface area contributed by atoms with E-state index in [4.69, 9.17) is 0 Å². The van der Waals surface area contributed by atoms with Crippen LogP contribution >= 0.6 is 27.3 Å². The van der Waals surface area contributed by atoms with Gasteiger partial charge < -0.3 is 0 Å². The Balaban J connectivity index is 1.93. The molecule has 4 aromatic rings. The smallest absolute Gasteiger partial charge is 0.267 e. The number of rotatable bonds is 2. The molecule has 24 heavy (non-hydrogen) atoms. The summed E-state index contributed by atoms with van der Waals surface area (Å²) in [5.74, 6) is 0.558. The average Bonchev–Trinajstić information content (AvgIpc) is 3.11. The predicted octanol–water partition coefficient (Wildman–Crippen LogP) is 3.44. The third-order valence-corrected chi connectivity index (χ3v) is 5.39. The van der Waals surface area contributed by atoms with Gasteiger partial charge >= 0.3 is 0 Å². The molecule has 118 valence electrons. The van der Waals surface area contributed by atoms with Gasteiger partial charge in [-0.15, -0.1) is 10.2 Å². The van der Waals surface area contributed by atoms with Crippen LogP contribution in [0.5, 0.6) is 0 Å². The number of hydrogen-bond donors (Lipinski definition) is 0. The Hall–Kier alpha value is -2.31. The second-order valence-electron chi connectivity index (χ2n) is 5.45. The first kappa shape index (κ1) is 15.2. The van der Waals surface area contributed by atoms with Gasteiger partial charge in [0.25, 0.3) is 5.56 Å². The first-order valence-electron chi connectivity index (χ1n) is 7.35. The third kappa shape index (κ3) is 2.57. The summed E-state index contributed by atoms with van der Waals surface area (Å²) in [6.45, 7) is 2.04. The van der Waals surface area contributed by atoms with Gasteiger partial charge in [0, 0.05) is 10.0 Å². The molecule has 0 aliphatic rings. The van der Waals surface area contributed by atoms with E-state index in [1.807, 2.05) is 61.5 Å². The lowest BCUT2D eigenvalue weighted by atomic mass is 10.1. The van der Waals surface area contributed by atoms with Crippen molar-refractivity contribution in [1.29, 1.82) is 0 Å². The van der Waals surface area contributed by atoms with Gasteiger partial charge in [-0.1, -0.05) is 75.3 Å². The molecule has 0 radical (unpaired) electrons. The fourth-order valence-electron chi connectivity index (χ4n) is 2.49. The molecule has 6 heteroatoms. The molecule has 0 fully saturated rings. The van der Waals surface area contributed by atoms with Gasteiger partial charge in [-0.3, -0.25) is 4.79 Å². The van der Waals surface area contributed by atoms with Crippen molar-refractivity contribution >= 4 is 38.3 Å².